The number of hydrogen-bond acceptors (Lipinski definition) is 4. The minimum absolute atomic E-state index is 0.00871. The molecule has 4 nitrogen and oxygen atoms in total. The smallest absolute Gasteiger partial charge is 0.179 e. The summed E-state index contributed by atoms with van der Waals surface area (Å²) in [6, 6.07) is 5.77. The number of morpholine rings is 1. The van der Waals surface area contributed by atoms with E-state index in [0.717, 1.165) is 16.7 Å². The number of Topliss-reactive ketones (excluding diaryl/α,β-unsaturated/α-hetero) is 1. The topological polar surface area (TPSA) is 49.8 Å². The molecule has 3 unspecified atom stereocenters. The third-order valence-electron chi connectivity index (χ3n) is 4.14. The lowest BCUT2D eigenvalue weighted by atomic mass is 9.97. The summed E-state index contributed by atoms with van der Waals surface area (Å²) in [5, 5.41) is 9.31. The number of ketones is 1. The summed E-state index contributed by atoms with van der Waals surface area (Å²) in [6.07, 6.45) is -0.174. The first-order valence-corrected chi connectivity index (χ1v) is 7.54. The molecule has 0 radical (unpaired) electrons. The number of aliphatic hydroxyl groups is 1. The monoisotopic (exact) mass is 291 g/mol. The van der Waals surface area contributed by atoms with Gasteiger partial charge >= 0.3 is 0 Å². The van der Waals surface area contributed by atoms with Crippen molar-refractivity contribution in [2.45, 2.75) is 45.9 Å². The maximum absolute atomic E-state index is 12.8. The lowest BCUT2D eigenvalue weighted by Gasteiger charge is -2.39. The van der Waals surface area contributed by atoms with Crippen LogP contribution in [0.2, 0.25) is 0 Å². The summed E-state index contributed by atoms with van der Waals surface area (Å²) in [6.45, 7) is 9.19. The van der Waals surface area contributed by atoms with E-state index in [1.807, 2.05) is 45.9 Å². The van der Waals surface area contributed by atoms with Crippen LogP contribution < -0.4 is 0 Å². The van der Waals surface area contributed by atoms with Crippen molar-refractivity contribution >= 4 is 5.78 Å². The first-order chi connectivity index (χ1) is 9.92. The van der Waals surface area contributed by atoms with Gasteiger partial charge in [0, 0.05) is 18.7 Å². The fourth-order valence-corrected chi connectivity index (χ4v) is 2.89. The number of benzene rings is 1. The second-order valence-electron chi connectivity index (χ2n) is 6.06. The van der Waals surface area contributed by atoms with E-state index in [0.29, 0.717) is 13.1 Å². The zero-order chi connectivity index (χ0) is 15.6. The highest BCUT2D eigenvalue weighted by Gasteiger charge is 2.31. The number of carbonyl (C=O) groups excluding carboxylic acids is 1. The molecule has 0 spiro atoms. The molecule has 0 aromatic heterocycles. The summed E-state index contributed by atoms with van der Waals surface area (Å²) >= 11 is 0. The quantitative estimate of drug-likeness (QED) is 0.862. The van der Waals surface area contributed by atoms with Crippen molar-refractivity contribution in [1.82, 2.24) is 4.90 Å². The van der Waals surface area contributed by atoms with Crippen LogP contribution in [0, 0.1) is 13.8 Å². The second-order valence-corrected chi connectivity index (χ2v) is 6.06. The molecule has 1 fully saturated rings. The van der Waals surface area contributed by atoms with E-state index in [1.165, 1.54) is 0 Å². The molecule has 1 aliphatic rings. The number of nitrogens with zero attached hydrogens (tertiary/aromatic N) is 1. The number of aliphatic hydroxyl groups excluding tert-OH is 1. The molecule has 0 amide bonds. The molecule has 1 saturated heterocycles. The Bertz CT molecular complexity index is 515. The largest absolute Gasteiger partial charge is 0.394 e. The standard InChI is InChI=1S/C17H25NO3/c1-11-5-6-12(2)16(7-11)17(20)14(4)18-8-13(3)21-15(9-18)10-19/h5-7,13-15,19H,8-10H2,1-4H3. The molecule has 0 aliphatic carbocycles. The minimum Gasteiger partial charge on any atom is -0.394 e. The second kappa shape index (κ2) is 6.69. The van der Waals surface area contributed by atoms with Crippen LogP contribution >= 0.6 is 0 Å². The number of aryl methyl sites for hydroxylation is 2. The van der Waals surface area contributed by atoms with Gasteiger partial charge in [0.05, 0.1) is 24.9 Å². The van der Waals surface area contributed by atoms with Gasteiger partial charge in [0.2, 0.25) is 0 Å². The SMILES string of the molecule is Cc1ccc(C)c(C(=O)C(C)N2CC(C)OC(CO)C2)c1. The fourth-order valence-electron chi connectivity index (χ4n) is 2.89. The first-order valence-electron chi connectivity index (χ1n) is 7.54. The molecular weight excluding hydrogens is 266 g/mol. The van der Waals surface area contributed by atoms with Crippen LogP contribution in [-0.4, -0.2) is 53.7 Å². The Morgan fingerprint density at radius 2 is 2.14 bits per heavy atom. The highest BCUT2D eigenvalue weighted by atomic mass is 16.5. The van der Waals surface area contributed by atoms with Crippen molar-refractivity contribution in [2.75, 3.05) is 19.7 Å². The molecule has 21 heavy (non-hydrogen) atoms. The van der Waals surface area contributed by atoms with Crippen LogP contribution in [-0.2, 0) is 4.74 Å². The molecule has 0 bridgehead atoms. The van der Waals surface area contributed by atoms with Gasteiger partial charge in [0.15, 0.2) is 5.78 Å². The van der Waals surface area contributed by atoms with Crippen molar-refractivity contribution in [3.63, 3.8) is 0 Å². The number of carbonyl (C=O) groups is 1. The van der Waals surface area contributed by atoms with E-state index in [1.54, 1.807) is 0 Å². The number of hydrogen-bond donors (Lipinski definition) is 1. The Balaban J connectivity index is 2.16. The lowest BCUT2D eigenvalue weighted by Crippen LogP contribution is -2.53. The Labute approximate surface area is 126 Å². The van der Waals surface area contributed by atoms with Crippen LogP contribution in [0.3, 0.4) is 0 Å². The number of ether oxygens (including phenoxy) is 1. The molecular formula is C17H25NO3. The van der Waals surface area contributed by atoms with E-state index in [4.69, 9.17) is 4.74 Å². The molecule has 116 valence electrons. The van der Waals surface area contributed by atoms with Gasteiger partial charge in [0.1, 0.15) is 0 Å². The van der Waals surface area contributed by atoms with E-state index >= 15 is 0 Å². The highest BCUT2D eigenvalue weighted by molar-refractivity contribution is 6.01. The first kappa shape index (κ1) is 16.1. The molecule has 0 saturated carbocycles. The molecule has 1 aromatic rings. The van der Waals surface area contributed by atoms with Crippen molar-refractivity contribution in [3.05, 3.63) is 34.9 Å². The summed E-state index contributed by atoms with van der Waals surface area (Å²) < 4.78 is 5.64. The van der Waals surface area contributed by atoms with E-state index < -0.39 is 0 Å². The maximum atomic E-state index is 12.8. The van der Waals surface area contributed by atoms with Crippen LogP contribution in [0.4, 0.5) is 0 Å². The Kier molecular flexibility index (Phi) is 5.14. The average molecular weight is 291 g/mol. The predicted molar refractivity (Wildman–Crippen MR) is 82.7 cm³/mol. The van der Waals surface area contributed by atoms with Gasteiger partial charge in [-0.2, -0.15) is 0 Å². The lowest BCUT2D eigenvalue weighted by molar-refractivity contribution is -0.100. The van der Waals surface area contributed by atoms with Crippen molar-refractivity contribution in [3.8, 4) is 0 Å². The zero-order valence-corrected chi connectivity index (χ0v) is 13.3. The molecule has 1 aromatic carbocycles. The molecule has 2 rings (SSSR count). The third kappa shape index (κ3) is 3.70. The van der Waals surface area contributed by atoms with Crippen molar-refractivity contribution in [1.29, 1.82) is 0 Å². The van der Waals surface area contributed by atoms with Crippen molar-refractivity contribution in [2.24, 2.45) is 0 Å². The van der Waals surface area contributed by atoms with Gasteiger partial charge in [-0.1, -0.05) is 17.7 Å². The van der Waals surface area contributed by atoms with Gasteiger partial charge in [-0.3, -0.25) is 9.69 Å². The van der Waals surface area contributed by atoms with Gasteiger partial charge in [-0.05, 0) is 39.3 Å². The summed E-state index contributed by atoms with van der Waals surface area (Å²) in [5.74, 6) is 0.141. The van der Waals surface area contributed by atoms with Gasteiger partial charge in [-0.15, -0.1) is 0 Å². The minimum atomic E-state index is -0.206. The normalized spacial score (nSPS) is 24.8. The number of rotatable bonds is 4. The third-order valence-corrected chi connectivity index (χ3v) is 4.14. The predicted octanol–water partition coefficient (Wildman–Crippen LogP) is 1.96. The molecule has 1 heterocycles. The van der Waals surface area contributed by atoms with E-state index in [9.17, 15) is 9.90 Å². The zero-order valence-electron chi connectivity index (χ0n) is 13.3. The Morgan fingerprint density at radius 3 is 2.81 bits per heavy atom. The van der Waals surface area contributed by atoms with Gasteiger partial charge in [0.25, 0.3) is 0 Å². The average Bonchev–Trinajstić information content (AvgIpc) is 2.47. The molecule has 4 heteroatoms. The molecule has 1 N–H and O–H groups in total. The highest BCUT2D eigenvalue weighted by Crippen LogP contribution is 2.19. The summed E-state index contributed by atoms with van der Waals surface area (Å²) in [7, 11) is 0. The Morgan fingerprint density at radius 1 is 1.43 bits per heavy atom. The van der Waals surface area contributed by atoms with Gasteiger partial charge in [-0.25, -0.2) is 0 Å². The van der Waals surface area contributed by atoms with E-state index in [2.05, 4.69) is 4.90 Å². The van der Waals surface area contributed by atoms with E-state index in [-0.39, 0.29) is 30.6 Å². The summed E-state index contributed by atoms with van der Waals surface area (Å²) in [4.78, 5) is 14.9. The Hall–Kier alpha value is -1.23. The van der Waals surface area contributed by atoms with Crippen LogP contribution in [0.25, 0.3) is 0 Å². The molecule has 3 atom stereocenters. The molecule has 1 aliphatic heterocycles. The maximum Gasteiger partial charge on any atom is 0.179 e. The van der Waals surface area contributed by atoms with Crippen LogP contribution in [0.1, 0.15) is 35.3 Å². The van der Waals surface area contributed by atoms with Gasteiger partial charge < -0.3 is 9.84 Å². The van der Waals surface area contributed by atoms with Crippen LogP contribution in [0.5, 0.6) is 0 Å². The fraction of sp³-hybridized carbons (Fsp3) is 0.588. The summed E-state index contributed by atoms with van der Waals surface area (Å²) in [5.41, 5.74) is 2.90. The van der Waals surface area contributed by atoms with Crippen LogP contribution in [0.15, 0.2) is 18.2 Å². The van der Waals surface area contributed by atoms with Crippen molar-refractivity contribution < 1.29 is 14.6 Å².